The molecule has 4 N–H and O–H groups in total. The van der Waals surface area contributed by atoms with Crippen molar-refractivity contribution >= 4 is 18.0 Å². The Balaban J connectivity index is 1.45. The van der Waals surface area contributed by atoms with E-state index in [-0.39, 0.29) is 37.0 Å². The van der Waals surface area contributed by atoms with Gasteiger partial charge in [0.2, 0.25) is 0 Å². The van der Waals surface area contributed by atoms with Gasteiger partial charge in [0.15, 0.2) is 0 Å². The van der Waals surface area contributed by atoms with Crippen molar-refractivity contribution in [1.82, 2.24) is 14.9 Å². The maximum atomic E-state index is 12.3. The lowest BCUT2D eigenvalue weighted by Crippen LogP contribution is -2.36. The molecule has 1 heterocycles. The number of nitrogens with one attached hydrogen (secondary N) is 1. The molecule has 31 heavy (non-hydrogen) atoms. The minimum absolute atomic E-state index is 0.0821. The molecule has 0 aliphatic heterocycles. The van der Waals surface area contributed by atoms with E-state index in [0.717, 1.165) is 22.3 Å². The number of nitrogens with two attached hydrogens (primary N) is 1. The highest BCUT2D eigenvalue weighted by atomic mass is 16.5. The van der Waals surface area contributed by atoms with Crippen LogP contribution in [0.5, 0.6) is 0 Å². The molecular weight excluding hydrogens is 402 g/mol. The third-order valence-corrected chi connectivity index (χ3v) is 5.09. The zero-order valence-electron chi connectivity index (χ0n) is 16.3. The summed E-state index contributed by atoms with van der Waals surface area (Å²) in [5.41, 5.74) is 3.48. The summed E-state index contributed by atoms with van der Waals surface area (Å²) in [5, 5.41) is 18.4. The van der Waals surface area contributed by atoms with Gasteiger partial charge in [0, 0.05) is 12.3 Å². The van der Waals surface area contributed by atoms with Gasteiger partial charge in [0.1, 0.15) is 12.3 Å². The van der Waals surface area contributed by atoms with Crippen LogP contribution in [0.15, 0.2) is 53.3 Å². The number of carbonyl (C=O) groups is 2. The number of aryl methyl sites for hydroxylation is 1. The van der Waals surface area contributed by atoms with Crippen LogP contribution in [0.25, 0.3) is 11.1 Å². The van der Waals surface area contributed by atoms with Crippen molar-refractivity contribution in [2.24, 2.45) is 0 Å². The lowest BCUT2D eigenvalue weighted by molar-refractivity contribution is -0.136. The van der Waals surface area contributed by atoms with E-state index in [0.29, 0.717) is 4.68 Å². The lowest BCUT2D eigenvalue weighted by Gasteiger charge is -2.15. The van der Waals surface area contributed by atoms with Gasteiger partial charge in [0.25, 0.3) is 11.5 Å². The summed E-state index contributed by atoms with van der Waals surface area (Å²) < 4.78 is 5.98. The van der Waals surface area contributed by atoms with Crippen LogP contribution in [0.2, 0.25) is 0 Å². The second kappa shape index (κ2) is 8.27. The van der Waals surface area contributed by atoms with Gasteiger partial charge in [-0.15, -0.1) is 10.2 Å². The maximum absolute atomic E-state index is 12.3. The molecule has 0 fully saturated rings. The number of hydrogen-bond donors (Lipinski definition) is 3. The third-order valence-electron chi connectivity index (χ3n) is 5.09. The van der Waals surface area contributed by atoms with Crippen LogP contribution >= 0.6 is 0 Å². The summed E-state index contributed by atoms with van der Waals surface area (Å²) in [6.07, 6.45) is -1.25. The molecule has 10 nitrogen and oxygen atoms in total. The minimum Gasteiger partial charge on any atom is -0.481 e. The Morgan fingerprint density at radius 2 is 1.68 bits per heavy atom. The van der Waals surface area contributed by atoms with E-state index in [1.54, 1.807) is 0 Å². The van der Waals surface area contributed by atoms with E-state index in [9.17, 15) is 14.4 Å². The summed E-state index contributed by atoms with van der Waals surface area (Å²) in [7, 11) is 0. The number of nitrogen functional groups attached to an aromatic ring is 1. The lowest BCUT2D eigenvalue weighted by atomic mass is 9.98. The Morgan fingerprint density at radius 1 is 1.06 bits per heavy atom. The van der Waals surface area contributed by atoms with Crippen molar-refractivity contribution in [3.8, 4) is 11.1 Å². The average Bonchev–Trinajstić information content (AvgIpc) is 3.09. The molecule has 1 amide bonds. The number of ether oxygens (including phenoxy) is 1. The molecular formula is C21H19N5O5. The monoisotopic (exact) mass is 421 g/mol. The van der Waals surface area contributed by atoms with Crippen LogP contribution in [0, 0.1) is 0 Å². The molecule has 0 spiro atoms. The first-order valence-corrected chi connectivity index (χ1v) is 9.53. The number of carboxylic acids is 1. The van der Waals surface area contributed by atoms with Crippen molar-refractivity contribution in [3.05, 3.63) is 75.7 Å². The van der Waals surface area contributed by atoms with E-state index < -0.39 is 17.6 Å². The van der Waals surface area contributed by atoms with Crippen molar-refractivity contribution < 1.29 is 19.4 Å². The molecule has 0 saturated heterocycles. The minimum atomic E-state index is -1.08. The molecule has 158 valence electrons. The van der Waals surface area contributed by atoms with Gasteiger partial charge in [-0.3, -0.25) is 14.9 Å². The van der Waals surface area contributed by atoms with Crippen LogP contribution < -0.4 is 16.7 Å². The number of aliphatic carboxylic acids is 1. The smallest absolute Gasteiger partial charge is 0.414 e. The number of carboxylic acid groups (broad SMARTS) is 1. The van der Waals surface area contributed by atoms with E-state index in [2.05, 4.69) is 15.5 Å². The van der Waals surface area contributed by atoms with Crippen molar-refractivity contribution in [3.63, 3.8) is 0 Å². The van der Waals surface area contributed by atoms with Crippen LogP contribution in [0.4, 0.5) is 10.7 Å². The average molecular weight is 421 g/mol. The molecule has 0 unspecified atom stereocenters. The van der Waals surface area contributed by atoms with Crippen LogP contribution in [0.1, 0.15) is 29.2 Å². The van der Waals surface area contributed by atoms with Gasteiger partial charge in [-0.25, -0.2) is 4.79 Å². The Hall–Kier alpha value is -4.21. The molecule has 0 atom stereocenters. The zero-order chi connectivity index (χ0) is 22.0. The SMILES string of the molecule is Nn1c(NC(=O)OCC2c3ccccc3-c3ccccc32)nnc(CCC(=O)O)c1=O. The van der Waals surface area contributed by atoms with Gasteiger partial charge in [-0.05, 0) is 22.3 Å². The first-order chi connectivity index (χ1) is 15.0. The highest BCUT2D eigenvalue weighted by Crippen LogP contribution is 2.44. The third kappa shape index (κ3) is 3.95. The van der Waals surface area contributed by atoms with E-state index in [1.165, 1.54) is 0 Å². The summed E-state index contributed by atoms with van der Waals surface area (Å²) >= 11 is 0. The Bertz CT molecular complexity index is 1180. The van der Waals surface area contributed by atoms with Gasteiger partial charge in [-0.1, -0.05) is 48.5 Å². The van der Waals surface area contributed by atoms with Gasteiger partial charge in [-0.2, -0.15) is 4.68 Å². The van der Waals surface area contributed by atoms with Gasteiger partial charge in [0.05, 0.1) is 6.42 Å². The Labute approximate surface area is 176 Å². The second-order valence-corrected chi connectivity index (χ2v) is 6.99. The van der Waals surface area contributed by atoms with Crippen LogP contribution in [-0.2, 0) is 16.0 Å². The molecule has 4 rings (SSSR count). The highest BCUT2D eigenvalue weighted by molar-refractivity contribution is 5.83. The number of carbonyl (C=O) groups excluding carboxylic acids is 1. The van der Waals surface area contributed by atoms with E-state index in [1.807, 2.05) is 48.5 Å². The standard InChI is InChI=1S/C21H19N5O5/c22-26-19(29)17(9-10-18(27)28)24-25-20(26)23-21(30)31-11-16-14-7-3-1-5-12(14)13-6-2-4-8-15(13)16/h1-8,16H,9-11,22H2,(H,27,28)(H,23,25,30). The summed E-state index contributed by atoms with van der Waals surface area (Å²) in [6.45, 7) is 0.0821. The molecule has 0 saturated carbocycles. The van der Waals surface area contributed by atoms with Crippen LogP contribution in [-0.4, -0.2) is 38.6 Å². The Morgan fingerprint density at radius 3 is 2.29 bits per heavy atom. The van der Waals surface area contributed by atoms with Gasteiger partial charge >= 0.3 is 12.1 Å². The molecule has 1 aliphatic carbocycles. The Kier molecular flexibility index (Phi) is 5.35. The second-order valence-electron chi connectivity index (χ2n) is 6.99. The van der Waals surface area contributed by atoms with Gasteiger partial charge < -0.3 is 15.7 Å². The maximum Gasteiger partial charge on any atom is 0.414 e. The fraction of sp³-hybridized carbons (Fsp3) is 0.190. The fourth-order valence-corrected chi connectivity index (χ4v) is 3.63. The topological polar surface area (TPSA) is 149 Å². The number of nitrogens with zero attached hydrogens (tertiary/aromatic N) is 3. The van der Waals surface area contributed by atoms with Crippen LogP contribution in [0.3, 0.4) is 0 Å². The predicted octanol–water partition coefficient (Wildman–Crippen LogP) is 1.73. The quantitative estimate of drug-likeness (QED) is 0.509. The summed E-state index contributed by atoms with van der Waals surface area (Å²) in [6, 6.07) is 15.9. The van der Waals surface area contributed by atoms with E-state index >= 15 is 0 Å². The number of amides is 1. The first-order valence-electron chi connectivity index (χ1n) is 9.53. The summed E-state index contributed by atoms with van der Waals surface area (Å²) in [4.78, 5) is 35.1. The zero-order valence-corrected chi connectivity index (χ0v) is 16.3. The largest absolute Gasteiger partial charge is 0.481 e. The van der Waals surface area contributed by atoms with Crippen molar-refractivity contribution in [2.75, 3.05) is 17.8 Å². The normalized spacial score (nSPS) is 12.1. The fourth-order valence-electron chi connectivity index (χ4n) is 3.63. The number of fused-ring (bicyclic) bond motifs is 3. The molecule has 3 aromatic rings. The highest BCUT2D eigenvalue weighted by Gasteiger charge is 2.29. The number of rotatable bonds is 6. The number of benzene rings is 2. The molecule has 1 aromatic heterocycles. The number of hydrogen-bond acceptors (Lipinski definition) is 7. The van der Waals surface area contributed by atoms with E-state index in [4.69, 9.17) is 15.7 Å². The number of anilines is 1. The van der Waals surface area contributed by atoms with Crippen molar-refractivity contribution in [2.45, 2.75) is 18.8 Å². The number of aromatic nitrogens is 3. The molecule has 0 bridgehead atoms. The predicted molar refractivity (Wildman–Crippen MR) is 111 cm³/mol. The van der Waals surface area contributed by atoms with Crippen molar-refractivity contribution in [1.29, 1.82) is 0 Å². The molecule has 0 radical (unpaired) electrons. The molecule has 1 aliphatic rings. The molecule has 10 heteroatoms. The summed E-state index contributed by atoms with van der Waals surface area (Å²) in [5.74, 6) is 4.16. The first kappa shape index (κ1) is 20.1. The molecule has 2 aromatic carbocycles.